The van der Waals surface area contributed by atoms with Crippen molar-refractivity contribution in [3.63, 3.8) is 0 Å². The van der Waals surface area contributed by atoms with Gasteiger partial charge in [0.05, 0.1) is 5.56 Å². The molecule has 0 saturated carbocycles. The molecule has 82 valence electrons. The van der Waals surface area contributed by atoms with Crippen molar-refractivity contribution < 1.29 is 4.79 Å². The Hall–Kier alpha value is -1.36. The summed E-state index contributed by atoms with van der Waals surface area (Å²) in [6, 6.07) is 0. The van der Waals surface area contributed by atoms with E-state index in [1.165, 1.54) is 0 Å². The van der Waals surface area contributed by atoms with Crippen molar-refractivity contribution in [1.29, 1.82) is 0 Å². The molecule has 5 nitrogen and oxygen atoms in total. The Morgan fingerprint density at radius 3 is 2.87 bits per heavy atom. The molecule has 0 atom stereocenters. The molecule has 1 aromatic heterocycles. The number of nitrogens with two attached hydrogens (primary N) is 1. The largest absolute Gasteiger partial charge is 0.369 e. The van der Waals surface area contributed by atoms with Crippen molar-refractivity contribution in [1.82, 2.24) is 9.97 Å². The van der Waals surface area contributed by atoms with Gasteiger partial charge in [-0.3, -0.25) is 4.79 Å². The number of nitrogens with zero attached hydrogens (tertiary/aromatic N) is 2. The Bertz CT molecular complexity index is 356. The molecule has 0 fully saturated rings. The number of carbonyl (C=O) groups excluding carboxylic acids is 1. The lowest BCUT2D eigenvalue weighted by Gasteiger charge is -2.08. The molecule has 1 heterocycles. The molecule has 0 aliphatic carbocycles. The van der Waals surface area contributed by atoms with Crippen molar-refractivity contribution in [2.75, 3.05) is 17.6 Å². The molecule has 1 rings (SSSR count). The van der Waals surface area contributed by atoms with Crippen LogP contribution in [0.1, 0.15) is 30.1 Å². The summed E-state index contributed by atoms with van der Waals surface area (Å²) in [6.45, 7) is 2.80. The summed E-state index contributed by atoms with van der Waals surface area (Å²) in [4.78, 5) is 18.4. The lowest BCUT2D eigenvalue weighted by molar-refractivity contribution is 0.112. The standard InChI is InChI=1S/C9H13ClN4O/c1-2-3-4-12-8-6(5-15)7(10)13-9(11)14-8/h5H,2-4H2,1H3,(H3,11,12,13,14). The van der Waals surface area contributed by atoms with E-state index in [0.717, 1.165) is 19.4 Å². The summed E-state index contributed by atoms with van der Waals surface area (Å²) in [7, 11) is 0. The Morgan fingerprint density at radius 1 is 1.53 bits per heavy atom. The Labute approximate surface area is 93.0 Å². The molecule has 15 heavy (non-hydrogen) atoms. The van der Waals surface area contributed by atoms with E-state index in [1.54, 1.807) is 0 Å². The minimum Gasteiger partial charge on any atom is -0.369 e. The number of anilines is 2. The van der Waals surface area contributed by atoms with E-state index in [0.29, 0.717) is 12.1 Å². The van der Waals surface area contributed by atoms with Gasteiger partial charge in [0.15, 0.2) is 6.29 Å². The molecule has 0 saturated heterocycles. The first-order valence-corrected chi connectivity index (χ1v) is 5.09. The Balaban J connectivity index is 2.88. The van der Waals surface area contributed by atoms with Gasteiger partial charge in [0.25, 0.3) is 0 Å². The first-order chi connectivity index (χ1) is 7.19. The van der Waals surface area contributed by atoms with Crippen LogP contribution in [-0.2, 0) is 0 Å². The molecule has 0 bridgehead atoms. The van der Waals surface area contributed by atoms with Crippen LogP contribution in [0.5, 0.6) is 0 Å². The fourth-order valence-corrected chi connectivity index (χ4v) is 1.30. The molecule has 0 radical (unpaired) electrons. The van der Waals surface area contributed by atoms with E-state index in [4.69, 9.17) is 17.3 Å². The number of aromatic nitrogens is 2. The van der Waals surface area contributed by atoms with Gasteiger partial charge >= 0.3 is 0 Å². The van der Waals surface area contributed by atoms with E-state index in [9.17, 15) is 4.79 Å². The summed E-state index contributed by atoms with van der Waals surface area (Å²) in [5.74, 6) is 0.459. The number of carbonyl (C=O) groups is 1. The van der Waals surface area contributed by atoms with Gasteiger partial charge in [-0.25, -0.2) is 4.98 Å². The third-order valence-corrected chi connectivity index (χ3v) is 2.15. The summed E-state index contributed by atoms with van der Waals surface area (Å²) < 4.78 is 0. The van der Waals surface area contributed by atoms with Gasteiger partial charge in [-0.15, -0.1) is 0 Å². The molecule has 0 aliphatic rings. The predicted molar refractivity (Wildman–Crippen MR) is 60.2 cm³/mol. The van der Waals surface area contributed by atoms with Crippen molar-refractivity contribution in [2.45, 2.75) is 19.8 Å². The van der Waals surface area contributed by atoms with Crippen LogP contribution in [0.2, 0.25) is 5.15 Å². The second kappa shape index (κ2) is 5.50. The number of halogens is 1. The van der Waals surface area contributed by atoms with Gasteiger partial charge in [-0.2, -0.15) is 4.98 Å². The average molecular weight is 229 g/mol. The summed E-state index contributed by atoms with van der Waals surface area (Å²) in [5, 5.41) is 3.08. The van der Waals surface area contributed by atoms with Crippen LogP contribution in [0.25, 0.3) is 0 Å². The highest BCUT2D eigenvalue weighted by Crippen LogP contribution is 2.19. The molecular weight excluding hydrogens is 216 g/mol. The molecule has 0 unspecified atom stereocenters. The number of hydrogen-bond acceptors (Lipinski definition) is 5. The van der Waals surface area contributed by atoms with Crippen molar-refractivity contribution in [3.8, 4) is 0 Å². The maximum Gasteiger partial charge on any atom is 0.223 e. The summed E-state index contributed by atoms with van der Waals surface area (Å²) in [6.07, 6.45) is 2.66. The number of nitrogen functional groups attached to an aromatic ring is 1. The number of nitrogens with one attached hydrogen (secondary N) is 1. The zero-order valence-corrected chi connectivity index (χ0v) is 9.21. The summed E-state index contributed by atoms with van der Waals surface area (Å²) in [5.41, 5.74) is 5.68. The van der Waals surface area contributed by atoms with Crippen LogP contribution in [-0.4, -0.2) is 22.8 Å². The molecule has 6 heteroatoms. The second-order valence-corrected chi connectivity index (χ2v) is 3.39. The Kier molecular flexibility index (Phi) is 4.30. The molecule has 1 aromatic rings. The minimum atomic E-state index is 0.0598. The lowest BCUT2D eigenvalue weighted by atomic mass is 10.3. The van der Waals surface area contributed by atoms with Crippen LogP contribution in [0, 0.1) is 0 Å². The highest BCUT2D eigenvalue weighted by molar-refractivity contribution is 6.32. The second-order valence-electron chi connectivity index (χ2n) is 3.03. The van der Waals surface area contributed by atoms with Gasteiger partial charge in [0, 0.05) is 6.54 Å². The zero-order valence-electron chi connectivity index (χ0n) is 8.46. The highest BCUT2D eigenvalue weighted by Gasteiger charge is 2.10. The topological polar surface area (TPSA) is 80.9 Å². The van der Waals surface area contributed by atoms with Crippen LogP contribution in [0.4, 0.5) is 11.8 Å². The van der Waals surface area contributed by atoms with Crippen LogP contribution >= 0.6 is 11.6 Å². The van der Waals surface area contributed by atoms with Crippen LogP contribution < -0.4 is 11.1 Å². The lowest BCUT2D eigenvalue weighted by Crippen LogP contribution is -2.09. The average Bonchev–Trinajstić information content (AvgIpc) is 2.17. The van der Waals surface area contributed by atoms with Crippen LogP contribution in [0.15, 0.2) is 0 Å². The van der Waals surface area contributed by atoms with Crippen molar-refractivity contribution in [3.05, 3.63) is 10.7 Å². The molecule has 0 aromatic carbocycles. The molecule has 3 N–H and O–H groups in total. The van der Waals surface area contributed by atoms with Crippen molar-refractivity contribution in [2.24, 2.45) is 0 Å². The van der Waals surface area contributed by atoms with E-state index < -0.39 is 0 Å². The van der Waals surface area contributed by atoms with E-state index in [2.05, 4.69) is 22.2 Å². The van der Waals surface area contributed by atoms with Gasteiger partial charge in [-0.1, -0.05) is 24.9 Å². The quantitative estimate of drug-likeness (QED) is 0.456. The number of hydrogen-bond donors (Lipinski definition) is 2. The molecule has 0 spiro atoms. The third-order valence-electron chi connectivity index (χ3n) is 1.86. The normalized spacial score (nSPS) is 10.0. The molecule has 0 aliphatic heterocycles. The fraction of sp³-hybridized carbons (Fsp3) is 0.444. The first-order valence-electron chi connectivity index (χ1n) is 4.71. The van der Waals surface area contributed by atoms with Crippen molar-refractivity contribution >= 4 is 29.7 Å². The minimum absolute atomic E-state index is 0.0598. The van der Waals surface area contributed by atoms with Gasteiger partial charge in [0.2, 0.25) is 5.95 Å². The van der Waals surface area contributed by atoms with E-state index in [1.807, 2.05) is 0 Å². The van der Waals surface area contributed by atoms with Crippen LogP contribution in [0.3, 0.4) is 0 Å². The first kappa shape index (κ1) is 11.7. The van der Waals surface area contributed by atoms with Gasteiger partial charge in [0.1, 0.15) is 11.0 Å². The SMILES string of the molecule is CCCCNc1nc(N)nc(Cl)c1C=O. The number of rotatable bonds is 5. The monoisotopic (exact) mass is 228 g/mol. The maximum absolute atomic E-state index is 10.7. The highest BCUT2D eigenvalue weighted by atomic mass is 35.5. The Morgan fingerprint density at radius 2 is 2.27 bits per heavy atom. The third kappa shape index (κ3) is 3.06. The van der Waals surface area contributed by atoms with E-state index >= 15 is 0 Å². The maximum atomic E-state index is 10.7. The smallest absolute Gasteiger partial charge is 0.223 e. The zero-order chi connectivity index (χ0) is 11.3. The molecular formula is C9H13ClN4O. The molecule has 0 amide bonds. The number of unbranched alkanes of at least 4 members (excludes halogenated alkanes) is 1. The predicted octanol–water partition coefficient (Wildman–Crippen LogP) is 1.74. The fourth-order valence-electron chi connectivity index (χ4n) is 1.08. The van der Waals surface area contributed by atoms with E-state index in [-0.39, 0.29) is 16.7 Å². The van der Waals surface area contributed by atoms with Gasteiger partial charge < -0.3 is 11.1 Å². The number of aldehydes is 1. The summed E-state index contributed by atoms with van der Waals surface area (Å²) >= 11 is 5.75. The van der Waals surface area contributed by atoms with Gasteiger partial charge in [-0.05, 0) is 6.42 Å².